The van der Waals surface area contributed by atoms with Gasteiger partial charge in [-0.15, -0.1) is 11.8 Å². The summed E-state index contributed by atoms with van der Waals surface area (Å²) in [5.74, 6) is 1.11. The molecular weight excluding hydrogens is 242 g/mol. The van der Waals surface area contributed by atoms with Crippen LogP contribution in [-0.4, -0.2) is 42.4 Å². The highest BCUT2D eigenvalue weighted by atomic mass is 32.2. The van der Waals surface area contributed by atoms with Crippen LogP contribution < -0.4 is 5.73 Å². The van der Waals surface area contributed by atoms with Crippen molar-refractivity contribution < 1.29 is 9.84 Å². The van der Waals surface area contributed by atoms with Crippen LogP contribution in [0.4, 0.5) is 5.82 Å². The molecule has 0 bridgehead atoms. The number of fused-ring (bicyclic) bond motifs is 1. The van der Waals surface area contributed by atoms with E-state index in [2.05, 4.69) is 15.0 Å². The Hall–Kier alpha value is -1.38. The minimum atomic E-state index is -0.184. The Kier molecular flexibility index (Phi) is 2.61. The van der Waals surface area contributed by atoms with Crippen molar-refractivity contribution in [2.45, 2.75) is 11.7 Å². The van der Waals surface area contributed by atoms with Crippen LogP contribution in [0.2, 0.25) is 0 Å². The number of thioether (sulfide) groups is 1. The number of aliphatic hydroxyl groups excluding tert-OH is 1. The van der Waals surface area contributed by atoms with E-state index in [1.54, 1.807) is 18.1 Å². The summed E-state index contributed by atoms with van der Waals surface area (Å²) in [6.45, 7) is 0.00488. The minimum absolute atomic E-state index is 0.00488. The predicted molar refractivity (Wildman–Crippen MR) is 63.2 cm³/mol. The Morgan fingerprint density at radius 1 is 1.53 bits per heavy atom. The molecule has 7 nitrogen and oxygen atoms in total. The second-order valence-corrected chi connectivity index (χ2v) is 4.81. The molecule has 0 aliphatic carbocycles. The van der Waals surface area contributed by atoms with Gasteiger partial charge in [0, 0.05) is 5.75 Å². The Balaban J connectivity index is 1.99. The van der Waals surface area contributed by atoms with E-state index in [9.17, 15) is 0 Å². The van der Waals surface area contributed by atoms with E-state index in [0.717, 1.165) is 5.75 Å². The van der Waals surface area contributed by atoms with Gasteiger partial charge in [-0.1, -0.05) is 0 Å². The molecule has 1 fully saturated rings. The first kappa shape index (κ1) is 10.8. The van der Waals surface area contributed by atoms with Crippen molar-refractivity contribution in [3.8, 4) is 0 Å². The van der Waals surface area contributed by atoms with Crippen molar-refractivity contribution in [2.24, 2.45) is 0 Å². The van der Waals surface area contributed by atoms with Gasteiger partial charge in [0.1, 0.15) is 23.5 Å². The van der Waals surface area contributed by atoms with Crippen molar-refractivity contribution in [3.63, 3.8) is 0 Å². The largest absolute Gasteiger partial charge is 0.393 e. The van der Waals surface area contributed by atoms with Crippen LogP contribution in [-0.2, 0) is 4.74 Å². The van der Waals surface area contributed by atoms with Crippen LogP contribution in [0.15, 0.2) is 12.7 Å². The van der Waals surface area contributed by atoms with Crippen molar-refractivity contribution in [3.05, 3.63) is 12.7 Å². The zero-order chi connectivity index (χ0) is 11.8. The van der Waals surface area contributed by atoms with Crippen molar-refractivity contribution in [2.75, 3.05) is 18.1 Å². The Labute approximate surface area is 101 Å². The molecule has 8 heteroatoms. The number of hydrogen-bond acceptors (Lipinski definition) is 7. The third kappa shape index (κ3) is 1.74. The lowest BCUT2D eigenvalue weighted by atomic mass is 10.5. The molecule has 3 N–H and O–H groups in total. The highest BCUT2D eigenvalue weighted by molar-refractivity contribution is 8.00. The highest BCUT2D eigenvalue weighted by Crippen LogP contribution is 2.33. The summed E-state index contributed by atoms with van der Waals surface area (Å²) in [4.78, 5) is 12.2. The number of rotatable bonds is 2. The molecule has 1 aliphatic heterocycles. The van der Waals surface area contributed by atoms with E-state index in [1.807, 2.05) is 4.57 Å². The molecule has 3 heterocycles. The quantitative estimate of drug-likeness (QED) is 0.776. The van der Waals surface area contributed by atoms with E-state index in [-0.39, 0.29) is 18.3 Å². The monoisotopic (exact) mass is 253 g/mol. The molecule has 1 saturated heterocycles. The Morgan fingerprint density at radius 3 is 3.18 bits per heavy atom. The van der Waals surface area contributed by atoms with Crippen LogP contribution >= 0.6 is 11.8 Å². The number of hydrogen-bond donors (Lipinski definition) is 2. The molecule has 3 rings (SSSR count). The zero-order valence-corrected chi connectivity index (χ0v) is 9.67. The number of anilines is 1. The number of ether oxygens (including phenoxy) is 1. The van der Waals surface area contributed by atoms with Gasteiger partial charge in [0.15, 0.2) is 11.5 Å². The molecule has 0 radical (unpaired) electrons. The van der Waals surface area contributed by atoms with Gasteiger partial charge < -0.3 is 15.6 Å². The minimum Gasteiger partial charge on any atom is -0.393 e. The number of nitrogens with zero attached hydrogens (tertiary/aromatic N) is 4. The summed E-state index contributed by atoms with van der Waals surface area (Å²) in [7, 11) is 0. The van der Waals surface area contributed by atoms with Crippen LogP contribution in [0.25, 0.3) is 11.2 Å². The summed E-state index contributed by atoms with van der Waals surface area (Å²) in [5, 5.41) is 9.02. The number of nitrogens with two attached hydrogens (primary N) is 1. The fourth-order valence-electron chi connectivity index (χ4n) is 1.77. The summed E-state index contributed by atoms with van der Waals surface area (Å²) >= 11 is 1.57. The van der Waals surface area contributed by atoms with Gasteiger partial charge in [0.2, 0.25) is 0 Å². The van der Waals surface area contributed by atoms with Crippen LogP contribution in [0.3, 0.4) is 0 Å². The molecule has 2 atom stereocenters. The van der Waals surface area contributed by atoms with Crippen LogP contribution in [0, 0.1) is 0 Å². The molecule has 0 saturated carbocycles. The second-order valence-electron chi connectivity index (χ2n) is 3.62. The highest BCUT2D eigenvalue weighted by Gasteiger charge is 2.28. The smallest absolute Gasteiger partial charge is 0.167 e. The maximum absolute atomic E-state index is 9.02. The molecule has 0 amide bonds. The van der Waals surface area contributed by atoms with Gasteiger partial charge in [-0.05, 0) is 0 Å². The average molecular weight is 253 g/mol. The van der Waals surface area contributed by atoms with E-state index >= 15 is 0 Å². The van der Waals surface area contributed by atoms with Crippen molar-refractivity contribution in [1.82, 2.24) is 19.5 Å². The third-order valence-corrected chi connectivity index (χ3v) is 3.69. The van der Waals surface area contributed by atoms with Crippen LogP contribution in [0.5, 0.6) is 0 Å². The lowest BCUT2D eigenvalue weighted by Crippen LogP contribution is -2.14. The molecule has 2 aromatic heterocycles. The molecule has 17 heavy (non-hydrogen) atoms. The summed E-state index contributed by atoms with van der Waals surface area (Å²) < 4.78 is 7.45. The fraction of sp³-hybridized carbons (Fsp3) is 0.444. The van der Waals surface area contributed by atoms with Gasteiger partial charge >= 0.3 is 0 Å². The summed E-state index contributed by atoms with van der Waals surface area (Å²) in [5.41, 5.74) is 6.76. The van der Waals surface area contributed by atoms with E-state index in [0.29, 0.717) is 17.0 Å². The van der Waals surface area contributed by atoms with E-state index < -0.39 is 0 Å². The zero-order valence-electron chi connectivity index (χ0n) is 8.85. The average Bonchev–Trinajstić information content (AvgIpc) is 2.94. The SMILES string of the molecule is Nc1ncnc2c1ncn2[C@@H]1CSC(CO)O1. The maximum atomic E-state index is 9.02. The first-order valence-electron chi connectivity index (χ1n) is 5.10. The number of nitrogen functional groups attached to an aromatic ring is 1. The Morgan fingerprint density at radius 2 is 2.41 bits per heavy atom. The van der Waals surface area contributed by atoms with Gasteiger partial charge in [-0.2, -0.15) is 0 Å². The lowest BCUT2D eigenvalue weighted by molar-refractivity contribution is -0.00190. The Bertz CT molecular complexity index is 545. The van der Waals surface area contributed by atoms with Gasteiger partial charge in [0.25, 0.3) is 0 Å². The van der Waals surface area contributed by atoms with Gasteiger partial charge in [0.05, 0.1) is 12.9 Å². The van der Waals surface area contributed by atoms with E-state index in [4.69, 9.17) is 15.6 Å². The first-order valence-corrected chi connectivity index (χ1v) is 6.15. The molecular formula is C9H11N5O2S. The molecule has 1 unspecified atom stereocenters. The lowest BCUT2D eigenvalue weighted by Gasteiger charge is -2.12. The van der Waals surface area contributed by atoms with E-state index in [1.165, 1.54) is 6.33 Å². The molecule has 0 aromatic carbocycles. The first-order chi connectivity index (χ1) is 8.29. The van der Waals surface area contributed by atoms with Gasteiger partial charge in [-0.3, -0.25) is 4.57 Å². The van der Waals surface area contributed by atoms with Crippen LogP contribution in [0.1, 0.15) is 6.23 Å². The number of aromatic nitrogens is 4. The number of imidazole rings is 1. The summed E-state index contributed by atoms with van der Waals surface area (Å²) in [6.07, 6.45) is 2.87. The molecule has 0 spiro atoms. The fourth-order valence-corrected chi connectivity index (χ4v) is 2.70. The second kappa shape index (κ2) is 4.13. The summed E-state index contributed by atoms with van der Waals surface area (Å²) in [6, 6.07) is 0. The maximum Gasteiger partial charge on any atom is 0.167 e. The molecule has 2 aromatic rings. The molecule has 90 valence electrons. The molecule has 1 aliphatic rings. The van der Waals surface area contributed by atoms with Crippen molar-refractivity contribution in [1.29, 1.82) is 0 Å². The predicted octanol–water partition coefficient (Wildman–Crippen LogP) is -0.0111. The normalized spacial score (nSPS) is 24.5. The topological polar surface area (TPSA) is 99.1 Å². The standard InChI is InChI=1S/C9H11N5O2S/c10-8-7-9(12-3-11-8)14(4-13-7)5-2-17-6(1-15)16-5/h3-6,15H,1-2H2,(H2,10,11,12)/t5-,6?/m0/s1. The van der Waals surface area contributed by atoms with Crippen molar-refractivity contribution >= 4 is 28.7 Å². The van der Waals surface area contributed by atoms with Gasteiger partial charge in [-0.25, -0.2) is 15.0 Å². The third-order valence-electron chi connectivity index (χ3n) is 2.58. The number of aliphatic hydroxyl groups is 1.